The van der Waals surface area contributed by atoms with Gasteiger partial charge in [-0.15, -0.1) is 0 Å². The predicted molar refractivity (Wildman–Crippen MR) is 41.3 cm³/mol. The highest BCUT2D eigenvalue weighted by atomic mass is 14.5. The molecule has 0 heterocycles. The van der Waals surface area contributed by atoms with Crippen molar-refractivity contribution in [3.63, 3.8) is 0 Å². The van der Waals surface area contributed by atoms with Gasteiger partial charge in [0.15, 0.2) is 0 Å². The Kier molecular flexibility index (Phi) is 1.58. The first-order valence-corrected chi connectivity index (χ1v) is 4.10. The van der Waals surface area contributed by atoms with Crippen LogP contribution in [0.1, 0.15) is 40.5 Å². The second kappa shape index (κ2) is 2.00. The second-order valence-corrected chi connectivity index (χ2v) is 4.06. The Morgan fingerprint density at radius 2 is 2.11 bits per heavy atom. The summed E-state index contributed by atoms with van der Waals surface area (Å²) in [6, 6.07) is 0. The molecule has 1 rings (SSSR count). The van der Waals surface area contributed by atoms with Gasteiger partial charge in [-0.05, 0) is 23.7 Å². The molecule has 0 aromatic rings. The zero-order valence-corrected chi connectivity index (χ0v) is 7.07. The third-order valence-electron chi connectivity index (χ3n) is 3.03. The maximum absolute atomic E-state index is 2.41. The summed E-state index contributed by atoms with van der Waals surface area (Å²) in [5.41, 5.74) is 0.730. The molecule has 54 valence electrons. The molecule has 0 aromatic carbocycles. The summed E-state index contributed by atoms with van der Waals surface area (Å²) < 4.78 is 0. The van der Waals surface area contributed by atoms with Crippen LogP contribution in [0.2, 0.25) is 0 Å². The molecular formula is C9H18. The van der Waals surface area contributed by atoms with E-state index >= 15 is 0 Å². The van der Waals surface area contributed by atoms with E-state index in [1.165, 1.54) is 12.8 Å². The van der Waals surface area contributed by atoms with Crippen LogP contribution in [0, 0.1) is 17.3 Å². The van der Waals surface area contributed by atoms with E-state index in [2.05, 4.69) is 27.7 Å². The van der Waals surface area contributed by atoms with Gasteiger partial charge < -0.3 is 0 Å². The van der Waals surface area contributed by atoms with Crippen molar-refractivity contribution in [1.29, 1.82) is 0 Å². The largest absolute Gasteiger partial charge is 0.0649 e. The van der Waals surface area contributed by atoms with Gasteiger partial charge in [-0.25, -0.2) is 0 Å². The standard InChI is InChI=1S/C9H18/c1-5-9(4)6-8(9)7(2)3/h7-8H,5-6H2,1-4H3. The van der Waals surface area contributed by atoms with Crippen molar-refractivity contribution in [2.75, 3.05) is 0 Å². The van der Waals surface area contributed by atoms with Gasteiger partial charge in [-0.3, -0.25) is 0 Å². The van der Waals surface area contributed by atoms with E-state index in [4.69, 9.17) is 0 Å². The summed E-state index contributed by atoms with van der Waals surface area (Å²) >= 11 is 0. The van der Waals surface area contributed by atoms with Gasteiger partial charge in [-0.2, -0.15) is 0 Å². The monoisotopic (exact) mass is 126 g/mol. The quantitative estimate of drug-likeness (QED) is 0.533. The third kappa shape index (κ3) is 1.12. The van der Waals surface area contributed by atoms with Crippen molar-refractivity contribution in [2.24, 2.45) is 17.3 Å². The fourth-order valence-corrected chi connectivity index (χ4v) is 1.89. The topological polar surface area (TPSA) is 0 Å². The average molecular weight is 126 g/mol. The fraction of sp³-hybridized carbons (Fsp3) is 1.00. The molecule has 1 saturated carbocycles. The van der Waals surface area contributed by atoms with E-state index in [0.717, 1.165) is 17.3 Å². The van der Waals surface area contributed by atoms with E-state index in [-0.39, 0.29) is 0 Å². The lowest BCUT2D eigenvalue weighted by Gasteiger charge is -2.08. The lowest BCUT2D eigenvalue weighted by atomic mass is 9.97. The first kappa shape index (κ1) is 7.11. The molecule has 2 unspecified atom stereocenters. The normalized spacial score (nSPS) is 41.7. The Labute approximate surface area is 58.7 Å². The number of hydrogen-bond acceptors (Lipinski definition) is 0. The van der Waals surface area contributed by atoms with Crippen molar-refractivity contribution in [2.45, 2.75) is 40.5 Å². The molecule has 0 saturated heterocycles. The minimum absolute atomic E-state index is 0.730. The molecular weight excluding hydrogens is 108 g/mol. The van der Waals surface area contributed by atoms with Crippen LogP contribution >= 0.6 is 0 Å². The fourth-order valence-electron chi connectivity index (χ4n) is 1.89. The molecule has 0 heteroatoms. The highest BCUT2D eigenvalue weighted by Crippen LogP contribution is 2.58. The van der Waals surface area contributed by atoms with Gasteiger partial charge in [0, 0.05) is 0 Å². The zero-order valence-electron chi connectivity index (χ0n) is 7.07. The van der Waals surface area contributed by atoms with Crippen LogP contribution in [-0.2, 0) is 0 Å². The molecule has 1 fully saturated rings. The molecule has 0 nitrogen and oxygen atoms in total. The van der Waals surface area contributed by atoms with Gasteiger partial charge in [0.25, 0.3) is 0 Å². The first-order valence-electron chi connectivity index (χ1n) is 4.10. The lowest BCUT2D eigenvalue weighted by Crippen LogP contribution is -2.00. The van der Waals surface area contributed by atoms with E-state index in [9.17, 15) is 0 Å². The molecule has 0 radical (unpaired) electrons. The van der Waals surface area contributed by atoms with Crippen LogP contribution in [-0.4, -0.2) is 0 Å². The van der Waals surface area contributed by atoms with Gasteiger partial charge in [-0.1, -0.05) is 34.1 Å². The van der Waals surface area contributed by atoms with Crippen LogP contribution in [0.4, 0.5) is 0 Å². The Bertz CT molecular complexity index is 105. The van der Waals surface area contributed by atoms with Crippen molar-refractivity contribution in [3.05, 3.63) is 0 Å². The van der Waals surface area contributed by atoms with E-state index in [1.54, 1.807) is 0 Å². The number of hydrogen-bond donors (Lipinski definition) is 0. The van der Waals surface area contributed by atoms with Crippen molar-refractivity contribution >= 4 is 0 Å². The van der Waals surface area contributed by atoms with E-state index < -0.39 is 0 Å². The maximum atomic E-state index is 2.41. The van der Waals surface area contributed by atoms with Gasteiger partial charge in [0.05, 0.1) is 0 Å². The molecule has 2 atom stereocenters. The summed E-state index contributed by atoms with van der Waals surface area (Å²) in [5.74, 6) is 1.94. The maximum Gasteiger partial charge on any atom is -0.0295 e. The molecule has 0 amide bonds. The van der Waals surface area contributed by atoms with Crippen molar-refractivity contribution in [1.82, 2.24) is 0 Å². The molecule has 0 bridgehead atoms. The summed E-state index contributed by atoms with van der Waals surface area (Å²) in [5, 5.41) is 0. The second-order valence-electron chi connectivity index (χ2n) is 4.06. The van der Waals surface area contributed by atoms with Crippen LogP contribution < -0.4 is 0 Å². The van der Waals surface area contributed by atoms with E-state index in [1.807, 2.05) is 0 Å². The van der Waals surface area contributed by atoms with Crippen LogP contribution in [0.15, 0.2) is 0 Å². The number of rotatable bonds is 2. The third-order valence-corrected chi connectivity index (χ3v) is 3.03. The van der Waals surface area contributed by atoms with Crippen LogP contribution in [0.5, 0.6) is 0 Å². The summed E-state index contributed by atoms with van der Waals surface area (Å²) in [4.78, 5) is 0. The summed E-state index contributed by atoms with van der Waals surface area (Å²) in [6.07, 6.45) is 2.84. The smallest absolute Gasteiger partial charge is 0.0295 e. The summed E-state index contributed by atoms with van der Waals surface area (Å²) in [6.45, 7) is 9.40. The average Bonchev–Trinajstić information content (AvgIpc) is 2.44. The zero-order chi connectivity index (χ0) is 7.07. The SMILES string of the molecule is CCC1(C)CC1C(C)C. The lowest BCUT2D eigenvalue weighted by molar-refractivity contribution is 0.411. The molecule has 0 aromatic heterocycles. The molecule has 0 N–H and O–H groups in total. The molecule has 0 spiro atoms. The van der Waals surface area contributed by atoms with Crippen molar-refractivity contribution in [3.8, 4) is 0 Å². The Hall–Kier alpha value is 0. The van der Waals surface area contributed by atoms with Crippen LogP contribution in [0.3, 0.4) is 0 Å². The van der Waals surface area contributed by atoms with Gasteiger partial charge in [0.1, 0.15) is 0 Å². The van der Waals surface area contributed by atoms with Gasteiger partial charge >= 0.3 is 0 Å². The predicted octanol–water partition coefficient (Wildman–Crippen LogP) is 3.08. The Balaban J connectivity index is 2.38. The summed E-state index contributed by atoms with van der Waals surface area (Å²) in [7, 11) is 0. The minimum atomic E-state index is 0.730. The highest BCUT2D eigenvalue weighted by Gasteiger charge is 2.49. The van der Waals surface area contributed by atoms with Crippen molar-refractivity contribution < 1.29 is 0 Å². The Morgan fingerprint density at radius 1 is 1.56 bits per heavy atom. The Morgan fingerprint density at radius 3 is 2.22 bits per heavy atom. The molecule has 1 aliphatic carbocycles. The van der Waals surface area contributed by atoms with Crippen LogP contribution in [0.25, 0.3) is 0 Å². The minimum Gasteiger partial charge on any atom is -0.0649 e. The van der Waals surface area contributed by atoms with Gasteiger partial charge in [0.2, 0.25) is 0 Å². The highest BCUT2D eigenvalue weighted by molar-refractivity contribution is 4.98. The first-order chi connectivity index (χ1) is 4.10. The molecule has 1 aliphatic rings. The van der Waals surface area contributed by atoms with E-state index in [0.29, 0.717) is 0 Å². The molecule has 0 aliphatic heterocycles. The molecule has 9 heavy (non-hydrogen) atoms.